The Morgan fingerprint density at radius 1 is 1.10 bits per heavy atom. The van der Waals surface area contributed by atoms with Crippen LogP contribution in [0.15, 0.2) is 0 Å². The number of likely N-dealkylation sites (tertiary alicyclic amines) is 1. The molecule has 0 radical (unpaired) electrons. The van der Waals surface area contributed by atoms with E-state index in [0.717, 1.165) is 29.1 Å². The Balaban J connectivity index is 1.34. The fraction of sp³-hybridized carbons (Fsp3) is 1.00. The molecule has 114 valence electrons. The van der Waals surface area contributed by atoms with Crippen molar-refractivity contribution in [3.8, 4) is 0 Å². The van der Waals surface area contributed by atoms with Crippen molar-refractivity contribution < 1.29 is 0 Å². The van der Waals surface area contributed by atoms with E-state index in [-0.39, 0.29) is 0 Å². The van der Waals surface area contributed by atoms with Gasteiger partial charge in [0, 0.05) is 12.6 Å². The highest BCUT2D eigenvalue weighted by atomic mass is 15.1. The van der Waals surface area contributed by atoms with Crippen LogP contribution in [0.4, 0.5) is 0 Å². The van der Waals surface area contributed by atoms with E-state index in [4.69, 9.17) is 5.73 Å². The van der Waals surface area contributed by atoms with Gasteiger partial charge in [0.2, 0.25) is 0 Å². The molecule has 0 amide bonds. The fourth-order valence-electron chi connectivity index (χ4n) is 6.49. The van der Waals surface area contributed by atoms with E-state index in [2.05, 4.69) is 11.8 Å². The van der Waals surface area contributed by atoms with Crippen molar-refractivity contribution in [3.63, 3.8) is 0 Å². The first kappa shape index (κ1) is 13.6. The Labute approximate surface area is 124 Å². The summed E-state index contributed by atoms with van der Waals surface area (Å²) in [5, 5.41) is 0. The van der Waals surface area contributed by atoms with Crippen LogP contribution < -0.4 is 5.73 Å². The van der Waals surface area contributed by atoms with Gasteiger partial charge >= 0.3 is 0 Å². The summed E-state index contributed by atoms with van der Waals surface area (Å²) < 4.78 is 0. The third-order valence-electron chi connectivity index (χ3n) is 7.18. The van der Waals surface area contributed by atoms with Gasteiger partial charge in [-0.2, -0.15) is 0 Å². The summed E-state index contributed by atoms with van der Waals surface area (Å²) in [6, 6.07) is 0.388. The number of hydrogen-bond acceptors (Lipinski definition) is 2. The summed E-state index contributed by atoms with van der Waals surface area (Å²) in [6.07, 6.45) is 12.3. The van der Waals surface area contributed by atoms with Crippen molar-refractivity contribution in [1.29, 1.82) is 0 Å². The summed E-state index contributed by atoms with van der Waals surface area (Å²) in [4.78, 5) is 2.71. The quantitative estimate of drug-likeness (QED) is 0.854. The lowest BCUT2D eigenvalue weighted by atomic mass is 9.49. The topological polar surface area (TPSA) is 29.3 Å². The monoisotopic (exact) mass is 276 g/mol. The van der Waals surface area contributed by atoms with Gasteiger partial charge in [0.25, 0.3) is 0 Å². The largest absolute Gasteiger partial charge is 0.328 e. The van der Waals surface area contributed by atoms with Gasteiger partial charge in [-0.1, -0.05) is 0 Å². The maximum atomic E-state index is 6.08. The second kappa shape index (κ2) is 4.98. The summed E-state index contributed by atoms with van der Waals surface area (Å²) in [5.74, 6) is 4.08. The lowest BCUT2D eigenvalue weighted by molar-refractivity contribution is -0.0604. The molecule has 2 unspecified atom stereocenters. The second-order valence-corrected chi connectivity index (χ2v) is 8.88. The van der Waals surface area contributed by atoms with Gasteiger partial charge in [-0.15, -0.1) is 0 Å². The fourth-order valence-corrected chi connectivity index (χ4v) is 6.49. The zero-order valence-corrected chi connectivity index (χ0v) is 13.2. The minimum Gasteiger partial charge on any atom is -0.328 e. The van der Waals surface area contributed by atoms with Gasteiger partial charge in [0.05, 0.1) is 0 Å². The Morgan fingerprint density at radius 3 is 2.20 bits per heavy atom. The molecule has 5 fully saturated rings. The molecule has 1 aliphatic heterocycles. The van der Waals surface area contributed by atoms with Gasteiger partial charge in [-0.05, 0) is 100 Å². The van der Waals surface area contributed by atoms with Crippen molar-refractivity contribution in [2.24, 2.45) is 34.8 Å². The van der Waals surface area contributed by atoms with Gasteiger partial charge in [0.1, 0.15) is 0 Å². The van der Waals surface area contributed by atoms with Crippen LogP contribution in [-0.4, -0.2) is 30.6 Å². The van der Waals surface area contributed by atoms with Crippen LogP contribution in [-0.2, 0) is 0 Å². The van der Waals surface area contributed by atoms with E-state index in [0.29, 0.717) is 6.04 Å². The van der Waals surface area contributed by atoms with Crippen molar-refractivity contribution in [1.82, 2.24) is 4.90 Å². The van der Waals surface area contributed by atoms with Crippen molar-refractivity contribution in [2.75, 3.05) is 19.6 Å². The lowest BCUT2D eigenvalue weighted by Crippen LogP contribution is -2.47. The molecule has 5 aliphatic rings. The molecule has 1 saturated heterocycles. The summed E-state index contributed by atoms with van der Waals surface area (Å²) in [6.45, 7) is 6.12. The number of rotatable bonds is 4. The van der Waals surface area contributed by atoms with Crippen LogP contribution in [0, 0.1) is 29.1 Å². The molecule has 0 aromatic carbocycles. The van der Waals surface area contributed by atoms with E-state index in [1.54, 1.807) is 38.5 Å². The van der Waals surface area contributed by atoms with Crippen LogP contribution in [0.3, 0.4) is 0 Å². The molecule has 4 aliphatic carbocycles. The van der Waals surface area contributed by atoms with Crippen molar-refractivity contribution >= 4 is 0 Å². The van der Waals surface area contributed by atoms with Crippen molar-refractivity contribution in [3.05, 3.63) is 0 Å². The first-order chi connectivity index (χ1) is 9.62. The molecule has 2 N–H and O–H groups in total. The number of nitrogens with zero attached hydrogens (tertiary/aromatic N) is 1. The average molecular weight is 276 g/mol. The molecule has 0 spiro atoms. The predicted molar refractivity (Wildman–Crippen MR) is 83.4 cm³/mol. The molecule has 1 heterocycles. The highest BCUT2D eigenvalue weighted by molar-refractivity contribution is 5.01. The van der Waals surface area contributed by atoms with E-state index in [9.17, 15) is 0 Å². The zero-order valence-electron chi connectivity index (χ0n) is 13.2. The summed E-state index contributed by atoms with van der Waals surface area (Å²) in [7, 11) is 0. The molecule has 4 saturated carbocycles. The Morgan fingerprint density at radius 2 is 1.70 bits per heavy atom. The van der Waals surface area contributed by atoms with Gasteiger partial charge < -0.3 is 10.6 Å². The van der Waals surface area contributed by atoms with Crippen molar-refractivity contribution in [2.45, 2.75) is 64.3 Å². The van der Waals surface area contributed by atoms with Crippen LogP contribution in [0.2, 0.25) is 0 Å². The molecule has 0 aromatic rings. The van der Waals surface area contributed by atoms with Gasteiger partial charge in [0.15, 0.2) is 0 Å². The van der Waals surface area contributed by atoms with Gasteiger partial charge in [-0.3, -0.25) is 0 Å². The zero-order chi connectivity index (χ0) is 13.7. The van der Waals surface area contributed by atoms with E-state index < -0.39 is 0 Å². The van der Waals surface area contributed by atoms with Crippen LogP contribution >= 0.6 is 0 Å². The van der Waals surface area contributed by atoms with Crippen LogP contribution in [0.5, 0.6) is 0 Å². The molecule has 2 heteroatoms. The summed E-state index contributed by atoms with van der Waals surface area (Å²) in [5.41, 5.74) is 6.84. The minimum absolute atomic E-state index is 0.388. The van der Waals surface area contributed by atoms with E-state index in [1.807, 2.05) is 0 Å². The second-order valence-electron chi connectivity index (χ2n) is 8.88. The third-order valence-corrected chi connectivity index (χ3v) is 7.18. The third kappa shape index (κ3) is 2.43. The van der Waals surface area contributed by atoms with Crippen LogP contribution in [0.25, 0.3) is 0 Å². The SMILES string of the molecule is CC(N)C1CCN(CCC23CC4CC(CC(C4)C2)C3)C1. The molecule has 20 heavy (non-hydrogen) atoms. The molecule has 5 rings (SSSR count). The first-order valence-electron chi connectivity index (χ1n) is 9.10. The lowest BCUT2D eigenvalue weighted by Gasteiger charge is -2.57. The minimum atomic E-state index is 0.388. The molecular formula is C18H32N2. The molecule has 2 atom stereocenters. The Kier molecular flexibility index (Phi) is 3.38. The molecule has 4 bridgehead atoms. The van der Waals surface area contributed by atoms with E-state index in [1.165, 1.54) is 32.5 Å². The molecular weight excluding hydrogens is 244 g/mol. The Hall–Kier alpha value is -0.0800. The molecule has 0 aromatic heterocycles. The maximum absolute atomic E-state index is 6.08. The van der Waals surface area contributed by atoms with E-state index >= 15 is 0 Å². The average Bonchev–Trinajstić information content (AvgIpc) is 2.84. The first-order valence-corrected chi connectivity index (χ1v) is 9.10. The number of hydrogen-bond donors (Lipinski definition) is 1. The van der Waals surface area contributed by atoms with Gasteiger partial charge in [-0.25, -0.2) is 0 Å². The predicted octanol–water partition coefficient (Wildman–Crippen LogP) is 3.26. The number of nitrogens with two attached hydrogens (primary N) is 1. The molecule has 2 nitrogen and oxygen atoms in total. The highest BCUT2D eigenvalue weighted by Gasteiger charge is 2.50. The smallest absolute Gasteiger partial charge is 0.00514 e. The standard InChI is InChI=1S/C18H32N2/c1-13(19)17-2-4-20(12-17)5-3-18-9-14-6-15(10-18)8-16(7-14)11-18/h13-17H,2-12,19H2,1H3. The maximum Gasteiger partial charge on any atom is 0.00514 e. The Bertz CT molecular complexity index is 327. The summed E-state index contributed by atoms with van der Waals surface area (Å²) >= 11 is 0. The van der Waals surface area contributed by atoms with Crippen LogP contribution in [0.1, 0.15) is 58.3 Å². The highest BCUT2D eigenvalue weighted by Crippen LogP contribution is 2.61. The normalized spacial score (nSPS) is 48.9.